The van der Waals surface area contributed by atoms with Crippen LogP contribution in [0, 0.1) is 0 Å². The molecule has 1 aliphatic carbocycles. The minimum Gasteiger partial charge on any atom is -0.369 e. The lowest BCUT2D eigenvalue weighted by Crippen LogP contribution is -2.27. The van der Waals surface area contributed by atoms with Crippen molar-refractivity contribution in [1.82, 2.24) is 0 Å². The molecular weight excluding hydrogens is 238 g/mol. The molecule has 1 saturated carbocycles. The summed E-state index contributed by atoms with van der Waals surface area (Å²) in [5, 5.41) is 2.98. The molecule has 5 N–H and O–H groups in total. The molecule has 5 nitrogen and oxygen atoms in total. The molecule has 0 spiro atoms. The third-order valence-electron chi connectivity index (χ3n) is 3.17. The van der Waals surface area contributed by atoms with Gasteiger partial charge in [-0.05, 0) is 25.0 Å². The smallest absolute Gasteiger partial charge is 0.218 e. The number of nitrogens with two attached hydrogens (primary N) is 2. The molecule has 0 bridgehead atoms. The Bertz CT molecular complexity index is 446. The van der Waals surface area contributed by atoms with Crippen molar-refractivity contribution in [2.24, 2.45) is 21.5 Å². The van der Waals surface area contributed by atoms with Crippen LogP contribution in [-0.2, 0) is 0 Å². The Labute approximate surface area is 113 Å². The Morgan fingerprint density at radius 2 is 1.74 bits per heavy atom. The van der Waals surface area contributed by atoms with Crippen molar-refractivity contribution in [1.29, 1.82) is 0 Å². The molecule has 1 aromatic carbocycles. The van der Waals surface area contributed by atoms with E-state index >= 15 is 0 Å². The van der Waals surface area contributed by atoms with E-state index in [1.807, 2.05) is 30.3 Å². The molecule has 19 heavy (non-hydrogen) atoms. The quantitative estimate of drug-likeness (QED) is 0.561. The van der Waals surface area contributed by atoms with Crippen molar-refractivity contribution in [2.45, 2.75) is 38.1 Å². The molecule has 0 atom stereocenters. The maximum atomic E-state index is 5.80. The first kappa shape index (κ1) is 13.4. The fraction of sp³-hybridized carbons (Fsp3) is 0.429. The molecule has 0 aromatic heterocycles. The lowest BCUT2D eigenvalue weighted by molar-refractivity contribution is 0.443. The summed E-state index contributed by atoms with van der Waals surface area (Å²) >= 11 is 0. The minimum absolute atomic E-state index is 0.257. The summed E-state index contributed by atoms with van der Waals surface area (Å²) < 4.78 is 0. The first-order valence-corrected chi connectivity index (χ1v) is 6.73. The van der Waals surface area contributed by atoms with Gasteiger partial charge < -0.3 is 16.8 Å². The number of para-hydroxylation sites is 1. The Kier molecular flexibility index (Phi) is 4.78. The average Bonchev–Trinajstić information content (AvgIpc) is 2.40. The Morgan fingerprint density at radius 3 is 2.42 bits per heavy atom. The Hall–Kier alpha value is -2.04. The van der Waals surface area contributed by atoms with E-state index in [0.717, 1.165) is 18.5 Å². The van der Waals surface area contributed by atoms with Crippen LogP contribution < -0.4 is 16.8 Å². The average molecular weight is 259 g/mol. The third-order valence-corrected chi connectivity index (χ3v) is 3.17. The zero-order chi connectivity index (χ0) is 13.5. The number of hydrogen-bond acceptors (Lipinski definition) is 1. The van der Waals surface area contributed by atoms with E-state index in [2.05, 4.69) is 15.3 Å². The summed E-state index contributed by atoms with van der Waals surface area (Å²) in [5.41, 5.74) is 12.5. The summed E-state index contributed by atoms with van der Waals surface area (Å²) in [5.74, 6) is 0.524. The van der Waals surface area contributed by atoms with Gasteiger partial charge in [0.05, 0.1) is 6.04 Å². The summed E-state index contributed by atoms with van der Waals surface area (Å²) in [6, 6.07) is 9.93. The van der Waals surface area contributed by atoms with Crippen LogP contribution in [-0.4, -0.2) is 18.0 Å². The molecular formula is C14H21N5. The molecule has 2 rings (SSSR count). The lowest BCUT2D eigenvalue weighted by atomic mass is 9.96. The van der Waals surface area contributed by atoms with Gasteiger partial charge in [-0.1, -0.05) is 37.5 Å². The fourth-order valence-electron chi connectivity index (χ4n) is 2.25. The highest BCUT2D eigenvalue weighted by Crippen LogP contribution is 2.20. The summed E-state index contributed by atoms with van der Waals surface area (Å²) in [6.07, 6.45) is 5.95. The Balaban J connectivity index is 1.93. The van der Waals surface area contributed by atoms with Gasteiger partial charge in [0.25, 0.3) is 0 Å². The molecule has 1 aromatic rings. The van der Waals surface area contributed by atoms with Gasteiger partial charge in [0.1, 0.15) is 0 Å². The molecule has 102 valence electrons. The second-order valence-corrected chi connectivity index (χ2v) is 4.77. The number of benzene rings is 1. The van der Waals surface area contributed by atoms with Crippen LogP contribution in [0.15, 0.2) is 40.3 Å². The highest BCUT2D eigenvalue weighted by Gasteiger charge is 2.12. The normalized spacial score (nSPS) is 18.3. The van der Waals surface area contributed by atoms with E-state index in [-0.39, 0.29) is 11.9 Å². The largest absolute Gasteiger partial charge is 0.369 e. The van der Waals surface area contributed by atoms with Gasteiger partial charge in [0.15, 0.2) is 0 Å². The molecule has 0 aliphatic heterocycles. The zero-order valence-electron chi connectivity index (χ0n) is 11.0. The van der Waals surface area contributed by atoms with Crippen molar-refractivity contribution in [2.75, 3.05) is 5.32 Å². The van der Waals surface area contributed by atoms with Gasteiger partial charge in [-0.25, -0.2) is 4.99 Å². The van der Waals surface area contributed by atoms with Crippen LogP contribution >= 0.6 is 0 Å². The number of hydrogen-bond donors (Lipinski definition) is 3. The van der Waals surface area contributed by atoms with Crippen molar-refractivity contribution in [3.63, 3.8) is 0 Å². The molecule has 1 fully saturated rings. The number of rotatable bonds is 2. The standard InChI is InChI=1S/C14H21N5/c15-13(17-11-7-3-1-4-8-11)19-14(16)18-12-9-5-2-6-10-12/h1,3-4,7-8,12H,2,5-6,9-10H2,(H5,15,16,17,18,19). The number of guanidine groups is 2. The molecule has 0 unspecified atom stereocenters. The van der Waals surface area contributed by atoms with E-state index < -0.39 is 0 Å². The number of aliphatic imine (C=N–C) groups is 2. The topological polar surface area (TPSA) is 88.8 Å². The number of nitrogens with zero attached hydrogens (tertiary/aromatic N) is 2. The van der Waals surface area contributed by atoms with Crippen LogP contribution in [0.2, 0.25) is 0 Å². The highest BCUT2D eigenvalue weighted by molar-refractivity contribution is 6.00. The predicted octanol–water partition coefficient (Wildman–Crippen LogP) is 2.06. The summed E-state index contributed by atoms with van der Waals surface area (Å²) in [6.45, 7) is 0. The lowest BCUT2D eigenvalue weighted by Gasteiger charge is -2.17. The van der Waals surface area contributed by atoms with Crippen molar-refractivity contribution in [3.05, 3.63) is 30.3 Å². The van der Waals surface area contributed by atoms with Crippen molar-refractivity contribution >= 4 is 17.6 Å². The van der Waals surface area contributed by atoms with E-state index in [1.165, 1.54) is 19.3 Å². The maximum absolute atomic E-state index is 5.80. The van der Waals surface area contributed by atoms with Crippen LogP contribution in [0.25, 0.3) is 0 Å². The zero-order valence-corrected chi connectivity index (χ0v) is 11.0. The van der Waals surface area contributed by atoms with Crippen molar-refractivity contribution < 1.29 is 0 Å². The third kappa shape index (κ3) is 4.62. The highest BCUT2D eigenvalue weighted by atomic mass is 15.2. The van der Waals surface area contributed by atoms with Crippen molar-refractivity contribution in [3.8, 4) is 0 Å². The van der Waals surface area contributed by atoms with Crippen LogP contribution in [0.4, 0.5) is 5.69 Å². The van der Waals surface area contributed by atoms with Crippen LogP contribution in [0.5, 0.6) is 0 Å². The van der Waals surface area contributed by atoms with Gasteiger partial charge in [-0.15, -0.1) is 0 Å². The first-order chi connectivity index (χ1) is 9.24. The Morgan fingerprint density at radius 1 is 1.05 bits per heavy atom. The molecule has 1 aliphatic rings. The number of anilines is 1. The van der Waals surface area contributed by atoms with Gasteiger partial charge in [-0.3, -0.25) is 0 Å². The maximum Gasteiger partial charge on any atom is 0.218 e. The molecule has 0 saturated heterocycles. The van der Waals surface area contributed by atoms with Gasteiger partial charge in [0.2, 0.25) is 11.9 Å². The van der Waals surface area contributed by atoms with Gasteiger partial charge >= 0.3 is 0 Å². The molecule has 5 heteroatoms. The van der Waals surface area contributed by atoms with E-state index in [9.17, 15) is 0 Å². The second kappa shape index (κ2) is 6.78. The minimum atomic E-state index is 0.257. The SMILES string of the molecule is NC(=NC1CCCCC1)N=C(N)Nc1ccccc1. The second-order valence-electron chi connectivity index (χ2n) is 4.77. The van der Waals surface area contributed by atoms with Crippen LogP contribution in [0.3, 0.4) is 0 Å². The van der Waals surface area contributed by atoms with Crippen LogP contribution in [0.1, 0.15) is 32.1 Å². The monoisotopic (exact) mass is 259 g/mol. The van der Waals surface area contributed by atoms with E-state index in [4.69, 9.17) is 11.5 Å². The van der Waals surface area contributed by atoms with E-state index in [1.54, 1.807) is 0 Å². The summed E-state index contributed by atoms with van der Waals surface area (Å²) in [7, 11) is 0. The number of nitrogens with one attached hydrogen (secondary N) is 1. The van der Waals surface area contributed by atoms with Gasteiger partial charge in [0, 0.05) is 5.69 Å². The predicted molar refractivity (Wildman–Crippen MR) is 80.2 cm³/mol. The molecule has 0 amide bonds. The summed E-state index contributed by atoms with van der Waals surface area (Å²) in [4.78, 5) is 8.48. The molecule has 0 radical (unpaired) electrons. The first-order valence-electron chi connectivity index (χ1n) is 6.73. The fourth-order valence-corrected chi connectivity index (χ4v) is 2.25. The van der Waals surface area contributed by atoms with E-state index in [0.29, 0.717) is 6.04 Å². The molecule has 0 heterocycles. The van der Waals surface area contributed by atoms with Gasteiger partial charge in [-0.2, -0.15) is 4.99 Å².